The van der Waals surface area contributed by atoms with E-state index in [1.807, 2.05) is 0 Å². The van der Waals surface area contributed by atoms with Gasteiger partial charge in [-0.3, -0.25) is 9.59 Å². The molecule has 1 N–H and O–H groups in total. The Hall–Kier alpha value is -2.24. The van der Waals surface area contributed by atoms with Gasteiger partial charge < -0.3 is 10.1 Å². The molecule has 0 aliphatic rings. The number of amides is 1. The number of nitrogens with one attached hydrogen (secondary N) is 1. The third-order valence-corrected chi connectivity index (χ3v) is 2.88. The van der Waals surface area contributed by atoms with Gasteiger partial charge >= 0.3 is 5.97 Å². The van der Waals surface area contributed by atoms with Crippen LogP contribution in [0, 0.1) is 4.91 Å². The van der Waals surface area contributed by atoms with E-state index in [9.17, 15) is 14.5 Å². The van der Waals surface area contributed by atoms with Gasteiger partial charge in [0.15, 0.2) is 6.54 Å². The topological polar surface area (TPSA) is 84.8 Å². The number of carbonyl (C=O) groups excluding carboxylic acids is 2. The number of rotatable bonds is 6. The van der Waals surface area contributed by atoms with E-state index in [-0.39, 0.29) is 5.97 Å². The van der Waals surface area contributed by atoms with Crippen molar-refractivity contribution in [2.45, 2.75) is 26.2 Å². The summed E-state index contributed by atoms with van der Waals surface area (Å²) in [7, 11) is 0. The summed E-state index contributed by atoms with van der Waals surface area (Å²) >= 11 is 0. The zero-order valence-corrected chi connectivity index (χ0v) is 11.8. The summed E-state index contributed by atoms with van der Waals surface area (Å²) < 4.78 is 5.03. The summed E-state index contributed by atoms with van der Waals surface area (Å²) in [6.45, 7) is 5.21. The molecule has 1 aromatic carbocycles. The van der Waals surface area contributed by atoms with Crippen LogP contribution in [0.4, 0.5) is 5.69 Å². The van der Waals surface area contributed by atoms with Crippen LogP contribution < -0.4 is 5.32 Å². The molecule has 0 aliphatic heterocycles. The molecule has 0 unspecified atom stereocenters. The van der Waals surface area contributed by atoms with Crippen LogP contribution in [0.5, 0.6) is 0 Å². The molecule has 1 amide bonds. The molecule has 0 saturated heterocycles. The zero-order chi connectivity index (χ0) is 15.2. The number of anilines is 1. The van der Waals surface area contributed by atoms with Crippen molar-refractivity contribution in [3.05, 3.63) is 34.7 Å². The average molecular weight is 278 g/mol. The average Bonchev–Trinajstić information content (AvgIpc) is 2.39. The normalized spacial score (nSPS) is 10.8. The van der Waals surface area contributed by atoms with Crippen molar-refractivity contribution in [1.82, 2.24) is 0 Å². The van der Waals surface area contributed by atoms with Gasteiger partial charge in [-0.1, -0.05) is 17.3 Å². The predicted molar refractivity (Wildman–Crippen MR) is 75.4 cm³/mol. The first-order chi connectivity index (χ1) is 9.41. The number of ether oxygens (including phenoxy) is 1. The standard InChI is InChI=1S/C14H18N2O4/c1-4-20-13(18)14(2,3)10-5-7-11(8-6-10)16-12(17)9-15-19/h5-8H,4,9H2,1-3H3,(H,16,17). The van der Waals surface area contributed by atoms with Gasteiger partial charge in [-0.25, -0.2) is 0 Å². The maximum atomic E-state index is 11.9. The molecule has 0 bridgehead atoms. The number of esters is 1. The Bertz CT molecular complexity index is 494. The van der Waals surface area contributed by atoms with Gasteiger partial charge in [0.25, 0.3) is 0 Å². The van der Waals surface area contributed by atoms with Crippen molar-refractivity contribution in [2.75, 3.05) is 18.5 Å². The van der Waals surface area contributed by atoms with Crippen molar-refractivity contribution < 1.29 is 14.3 Å². The van der Waals surface area contributed by atoms with Crippen molar-refractivity contribution in [2.24, 2.45) is 5.18 Å². The van der Waals surface area contributed by atoms with E-state index >= 15 is 0 Å². The second kappa shape index (κ2) is 6.79. The highest BCUT2D eigenvalue weighted by atomic mass is 16.5. The number of benzene rings is 1. The largest absolute Gasteiger partial charge is 0.465 e. The van der Waals surface area contributed by atoms with E-state index in [0.29, 0.717) is 12.3 Å². The fraction of sp³-hybridized carbons (Fsp3) is 0.429. The molecule has 0 spiro atoms. The van der Waals surface area contributed by atoms with Gasteiger partial charge in [-0.2, -0.15) is 4.91 Å². The fourth-order valence-electron chi connectivity index (χ4n) is 1.66. The van der Waals surface area contributed by atoms with Crippen LogP contribution in [0.25, 0.3) is 0 Å². The third-order valence-electron chi connectivity index (χ3n) is 2.88. The van der Waals surface area contributed by atoms with Crippen molar-refractivity contribution in [3.8, 4) is 0 Å². The Morgan fingerprint density at radius 3 is 2.35 bits per heavy atom. The summed E-state index contributed by atoms with van der Waals surface area (Å²) in [5, 5.41) is 5.04. The smallest absolute Gasteiger partial charge is 0.315 e. The van der Waals surface area contributed by atoms with Gasteiger partial charge in [0.1, 0.15) is 0 Å². The lowest BCUT2D eigenvalue weighted by molar-refractivity contribution is -0.148. The Morgan fingerprint density at radius 1 is 1.25 bits per heavy atom. The van der Waals surface area contributed by atoms with Crippen LogP contribution in [0.1, 0.15) is 26.3 Å². The van der Waals surface area contributed by atoms with Crippen LogP contribution >= 0.6 is 0 Å². The molecule has 6 heteroatoms. The molecular formula is C14H18N2O4. The van der Waals surface area contributed by atoms with Gasteiger partial charge in [0, 0.05) is 5.69 Å². The summed E-state index contributed by atoms with van der Waals surface area (Å²) in [4.78, 5) is 33.0. The van der Waals surface area contributed by atoms with Crippen LogP contribution in [0.15, 0.2) is 29.4 Å². The quantitative estimate of drug-likeness (QED) is 0.638. The molecule has 1 rings (SSSR count). The molecule has 0 aliphatic carbocycles. The van der Waals surface area contributed by atoms with Crippen molar-refractivity contribution >= 4 is 17.6 Å². The highest BCUT2D eigenvalue weighted by Crippen LogP contribution is 2.26. The maximum Gasteiger partial charge on any atom is 0.315 e. The van der Waals surface area contributed by atoms with E-state index in [1.165, 1.54) is 0 Å². The Labute approximate surface area is 117 Å². The first kappa shape index (κ1) is 15.8. The second-order valence-corrected chi connectivity index (χ2v) is 4.76. The van der Waals surface area contributed by atoms with E-state index in [1.54, 1.807) is 45.0 Å². The summed E-state index contributed by atoms with van der Waals surface area (Å²) in [6, 6.07) is 6.81. The predicted octanol–water partition coefficient (Wildman–Crippen LogP) is 2.23. The molecule has 0 atom stereocenters. The minimum absolute atomic E-state index is 0.304. The minimum Gasteiger partial charge on any atom is -0.465 e. The first-order valence-corrected chi connectivity index (χ1v) is 6.28. The minimum atomic E-state index is -0.761. The number of nitroso groups, excluding NO2 is 1. The van der Waals surface area contributed by atoms with Crippen LogP contribution in [-0.2, 0) is 19.7 Å². The number of hydrogen-bond acceptors (Lipinski definition) is 5. The molecule has 6 nitrogen and oxygen atoms in total. The highest BCUT2D eigenvalue weighted by Gasteiger charge is 2.31. The summed E-state index contributed by atoms with van der Waals surface area (Å²) in [5.41, 5.74) is 0.563. The van der Waals surface area contributed by atoms with Gasteiger partial charge in [-0.15, -0.1) is 0 Å². The van der Waals surface area contributed by atoms with Gasteiger partial charge in [0.2, 0.25) is 5.91 Å². The van der Waals surface area contributed by atoms with Crippen LogP contribution in [0.3, 0.4) is 0 Å². The van der Waals surface area contributed by atoms with E-state index in [2.05, 4.69) is 10.5 Å². The Balaban J connectivity index is 2.82. The molecule has 1 aromatic rings. The van der Waals surface area contributed by atoms with Gasteiger partial charge in [-0.05, 0) is 38.5 Å². The third kappa shape index (κ3) is 3.88. The van der Waals surface area contributed by atoms with Crippen LogP contribution in [-0.4, -0.2) is 25.0 Å². The molecule has 0 saturated carbocycles. The maximum absolute atomic E-state index is 11.9. The van der Waals surface area contributed by atoms with E-state index < -0.39 is 17.9 Å². The molecule has 0 radical (unpaired) electrons. The lowest BCUT2D eigenvalue weighted by atomic mass is 9.84. The molecule has 0 heterocycles. The summed E-state index contributed by atoms with van der Waals surface area (Å²) in [6.07, 6.45) is 0. The number of carbonyl (C=O) groups is 2. The SMILES string of the molecule is CCOC(=O)C(C)(C)c1ccc(NC(=O)CN=O)cc1. The Morgan fingerprint density at radius 2 is 1.85 bits per heavy atom. The van der Waals surface area contributed by atoms with Crippen molar-refractivity contribution in [1.29, 1.82) is 0 Å². The lowest BCUT2D eigenvalue weighted by Gasteiger charge is -2.23. The fourth-order valence-corrected chi connectivity index (χ4v) is 1.66. The molecular weight excluding hydrogens is 260 g/mol. The van der Waals surface area contributed by atoms with Crippen molar-refractivity contribution in [3.63, 3.8) is 0 Å². The highest BCUT2D eigenvalue weighted by molar-refractivity contribution is 5.92. The molecule has 108 valence electrons. The first-order valence-electron chi connectivity index (χ1n) is 6.28. The van der Waals surface area contributed by atoms with E-state index in [0.717, 1.165) is 5.56 Å². The number of nitrogens with zero attached hydrogens (tertiary/aromatic N) is 1. The Kier molecular flexibility index (Phi) is 5.37. The monoisotopic (exact) mass is 278 g/mol. The lowest BCUT2D eigenvalue weighted by Crippen LogP contribution is -2.31. The van der Waals surface area contributed by atoms with Crippen LogP contribution in [0.2, 0.25) is 0 Å². The summed E-state index contributed by atoms with van der Waals surface area (Å²) in [5.74, 6) is -0.778. The zero-order valence-electron chi connectivity index (χ0n) is 11.8. The second-order valence-electron chi connectivity index (χ2n) is 4.76. The number of hydrogen-bond donors (Lipinski definition) is 1. The van der Waals surface area contributed by atoms with E-state index in [4.69, 9.17) is 4.74 Å². The molecule has 0 aromatic heterocycles. The molecule has 0 fully saturated rings. The molecule has 20 heavy (non-hydrogen) atoms. The van der Waals surface area contributed by atoms with Gasteiger partial charge in [0.05, 0.1) is 12.0 Å².